The topological polar surface area (TPSA) is 40.5 Å². The molecule has 1 aromatic carbocycles. The molecule has 0 saturated heterocycles. The zero-order valence-electron chi connectivity index (χ0n) is 12.8. The molecule has 1 aromatic rings. The minimum absolute atomic E-state index is 0.245. The van der Waals surface area contributed by atoms with Gasteiger partial charge in [0.25, 0.3) is 0 Å². The van der Waals surface area contributed by atoms with Gasteiger partial charge < -0.3 is 10.2 Å². The predicted molar refractivity (Wildman–Crippen MR) is 90.5 cm³/mol. The molecule has 2 aliphatic carbocycles. The van der Waals surface area contributed by atoms with Crippen molar-refractivity contribution in [2.24, 2.45) is 0 Å². The van der Waals surface area contributed by atoms with Crippen molar-refractivity contribution < 1.29 is 10.2 Å². The smallest absolute Gasteiger partial charge is 0.106 e. The van der Waals surface area contributed by atoms with Crippen molar-refractivity contribution in [3.05, 3.63) is 35.4 Å². The minimum atomic E-state index is -0.951. The van der Waals surface area contributed by atoms with Gasteiger partial charge in [-0.05, 0) is 36.8 Å². The summed E-state index contributed by atoms with van der Waals surface area (Å²) in [4.78, 5) is 0. The molecule has 0 aromatic heterocycles. The largest absolute Gasteiger partial charge is 0.384 e. The number of benzene rings is 1. The summed E-state index contributed by atoms with van der Waals surface area (Å²) in [6, 6.07) is 7.64. The van der Waals surface area contributed by atoms with E-state index in [0.29, 0.717) is 12.8 Å². The molecule has 0 spiro atoms. The molecule has 122 valence electrons. The zero-order chi connectivity index (χ0) is 15.8. The standard InChI is InChI=1S/C18H24Cl2O2/c19-15-5-1-3-11-17(15,21)13-7-9-14(10-8-13)18(22)12-4-2-6-16(18)20/h7-10,15-16,21-22H,1-6,11-12H2. The maximum Gasteiger partial charge on any atom is 0.106 e. The maximum atomic E-state index is 10.9. The minimum Gasteiger partial charge on any atom is -0.384 e. The van der Waals surface area contributed by atoms with E-state index in [2.05, 4.69) is 0 Å². The summed E-state index contributed by atoms with van der Waals surface area (Å²) in [6.45, 7) is 0. The highest BCUT2D eigenvalue weighted by molar-refractivity contribution is 6.21. The molecule has 3 rings (SSSR count). The van der Waals surface area contributed by atoms with Crippen LogP contribution in [0.1, 0.15) is 62.5 Å². The van der Waals surface area contributed by atoms with Crippen LogP contribution in [0.15, 0.2) is 24.3 Å². The monoisotopic (exact) mass is 342 g/mol. The lowest BCUT2D eigenvalue weighted by Crippen LogP contribution is -2.40. The highest BCUT2D eigenvalue weighted by atomic mass is 35.5. The van der Waals surface area contributed by atoms with Crippen LogP contribution in [0, 0.1) is 0 Å². The van der Waals surface area contributed by atoms with Crippen LogP contribution in [0.3, 0.4) is 0 Å². The fourth-order valence-corrected chi connectivity index (χ4v) is 4.70. The van der Waals surface area contributed by atoms with Gasteiger partial charge in [-0.3, -0.25) is 0 Å². The van der Waals surface area contributed by atoms with E-state index in [0.717, 1.165) is 49.7 Å². The summed E-state index contributed by atoms with van der Waals surface area (Å²) in [5.74, 6) is 0. The fourth-order valence-electron chi connectivity index (χ4n) is 3.92. The van der Waals surface area contributed by atoms with Crippen molar-refractivity contribution in [2.75, 3.05) is 0 Å². The van der Waals surface area contributed by atoms with Gasteiger partial charge in [0.15, 0.2) is 0 Å². The first kappa shape index (κ1) is 16.6. The Morgan fingerprint density at radius 3 is 1.41 bits per heavy atom. The lowest BCUT2D eigenvalue weighted by atomic mass is 9.76. The quantitative estimate of drug-likeness (QED) is 0.780. The van der Waals surface area contributed by atoms with Gasteiger partial charge in [-0.2, -0.15) is 0 Å². The van der Waals surface area contributed by atoms with Crippen molar-refractivity contribution in [3.8, 4) is 0 Å². The summed E-state index contributed by atoms with van der Waals surface area (Å²) in [6.07, 6.45) is 7.21. The van der Waals surface area contributed by atoms with E-state index in [1.807, 2.05) is 24.3 Å². The molecule has 0 heterocycles. The molecule has 0 amide bonds. The Morgan fingerprint density at radius 2 is 1.09 bits per heavy atom. The Morgan fingerprint density at radius 1 is 0.727 bits per heavy atom. The summed E-state index contributed by atoms with van der Waals surface area (Å²) >= 11 is 12.8. The van der Waals surface area contributed by atoms with Crippen molar-refractivity contribution in [1.29, 1.82) is 0 Å². The van der Waals surface area contributed by atoms with Crippen LogP contribution in [0.5, 0.6) is 0 Å². The Hall–Kier alpha value is -0.280. The predicted octanol–water partition coefficient (Wildman–Crippen LogP) is 4.42. The molecule has 2 aliphatic rings. The first-order valence-corrected chi connectivity index (χ1v) is 9.18. The maximum absolute atomic E-state index is 10.9. The molecule has 4 atom stereocenters. The van der Waals surface area contributed by atoms with E-state index < -0.39 is 11.2 Å². The Labute approximate surface area is 142 Å². The second-order valence-electron chi connectivity index (χ2n) is 6.85. The molecule has 0 bridgehead atoms. The molecule has 2 N–H and O–H groups in total. The number of aliphatic hydroxyl groups is 2. The first-order chi connectivity index (χ1) is 10.5. The second kappa shape index (κ2) is 6.32. The molecule has 2 fully saturated rings. The van der Waals surface area contributed by atoms with Crippen LogP contribution in [-0.2, 0) is 11.2 Å². The average molecular weight is 343 g/mol. The van der Waals surface area contributed by atoms with Gasteiger partial charge >= 0.3 is 0 Å². The van der Waals surface area contributed by atoms with E-state index in [4.69, 9.17) is 23.2 Å². The molecule has 2 nitrogen and oxygen atoms in total. The molecule has 4 unspecified atom stereocenters. The van der Waals surface area contributed by atoms with Gasteiger partial charge in [0.2, 0.25) is 0 Å². The van der Waals surface area contributed by atoms with Crippen LogP contribution in [-0.4, -0.2) is 21.0 Å². The SMILES string of the molecule is OC1(c2ccc(C3(O)CCCCC3Cl)cc2)CCCCC1Cl. The normalized spacial score (nSPS) is 39.6. The summed E-state index contributed by atoms with van der Waals surface area (Å²) < 4.78 is 0. The van der Waals surface area contributed by atoms with Crippen LogP contribution in [0.4, 0.5) is 0 Å². The number of halogens is 2. The molecule has 4 heteroatoms. The van der Waals surface area contributed by atoms with Gasteiger partial charge in [-0.25, -0.2) is 0 Å². The van der Waals surface area contributed by atoms with Crippen molar-refractivity contribution in [1.82, 2.24) is 0 Å². The van der Waals surface area contributed by atoms with Crippen LogP contribution < -0.4 is 0 Å². The summed E-state index contributed by atoms with van der Waals surface area (Å²) in [7, 11) is 0. The van der Waals surface area contributed by atoms with Crippen molar-refractivity contribution >= 4 is 23.2 Å². The lowest BCUT2D eigenvalue weighted by Gasteiger charge is -2.39. The molecule has 22 heavy (non-hydrogen) atoms. The van der Waals surface area contributed by atoms with E-state index in [-0.39, 0.29) is 10.8 Å². The molecular formula is C18H24Cl2O2. The Kier molecular flexibility index (Phi) is 4.76. The van der Waals surface area contributed by atoms with E-state index in [1.165, 1.54) is 0 Å². The average Bonchev–Trinajstić information content (AvgIpc) is 2.53. The Balaban J connectivity index is 1.86. The zero-order valence-corrected chi connectivity index (χ0v) is 14.3. The van der Waals surface area contributed by atoms with Gasteiger partial charge in [-0.15, -0.1) is 23.2 Å². The van der Waals surface area contributed by atoms with Gasteiger partial charge in [0.05, 0.1) is 10.8 Å². The molecular weight excluding hydrogens is 319 g/mol. The van der Waals surface area contributed by atoms with E-state index in [9.17, 15) is 10.2 Å². The third-order valence-electron chi connectivity index (χ3n) is 5.45. The molecule has 0 aliphatic heterocycles. The number of hydrogen-bond donors (Lipinski definition) is 2. The van der Waals surface area contributed by atoms with Crippen molar-refractivity contribution in [3.63, 3.8) is 0 Å². The fraction of sp³-hybridized carbons (Fsp3) is 0.667. The number of rotatable bonds is 2. The van der Waals surface area contributed by atoms with Gasteiger partial charge in [0.1, 0.15) is 11.2 Å². The highest BCUT2D eigenvalue weighted by Gasteiger charge is 2.41. The molecule has 0 radical (unpaired) electrons. The summed E-state index contributed by atoms with van der Waals surface area (Å²) in [5.41, 5.74) is -0.204. The number of alkyl halides is 2. The lowest BCUT2D eigenvalue weighted by molar-refractivity contribution is 0.000339. The second-order valence-corrected chi connectivity index (χ2v) is 7.91. The van der Waals surface area contributed by atoms with Gasteiger partial charge in [-0.1, -0.05) is 49.9 Å². The third kappa shape index (κ3) is 2.80. The van der Waals surface area contributed by atoms with Gasteiger partial charge in [0, 0.05) is 0 Å². The van der Waals surface area contributed by atoms with E-state index in [1.54, 1.807) is 0 Å². The van der Waals surface area contributed by atoms with Crippen LogP contribution in [0.2, 0.25) is 0 Å². The molecule has 2 saturated carbocycles. The van der Waals surface area contributed by atoms with Crippen LogP contribution >= 0.6 is 23.2 Å². The third-order valence-corrected chi connectivity index (χ3v) is 6.61. The first-order valence-electron chi connectivity index (χ1n) is 8.31. The highest BCUT2D eigenvalue weighted by Crippen LogP contribution is 2.43. The Bertz CT molecular complexity index is 471. The van der Waals surface area contributed by atoms with Crippen LogP contribution in [0.25, 0.3) is 0 Å². The summed E-state index contributed by atoms with van der Waals surface area (Å²) in [5, 5.41) is 21.3. The number of hydrogen-bond acceptors (Lipinski definition) is 2. The van der Waals surface area contributed by atoms with E-state index >= 15 is 0 Å². The van der Waals surface area contributed by atoms with Crippen molar-refractivity contribution in [2.45, 2.75) is 73.3 Å².